The van der Waals surface area contributed by atoms with E-state index in [4.69, 9.17) is 11.5 Å². The average molecular weight is 189 g/mol. The first-order valence-corrected chi connectivity index (χ1v) is 4.18. The Bertz CT molecular complexity index is 177. The first kappa shape index (κ1) is 12.3. The highest BCUT2D eigenvalue weighted by Crippen LogP contribution is 2.02. The van der Waals surface area contributed by atoms with Crippen molar-refractivity contribution in [3.8, 4) is 0 Å². The number of aliphatic hydroxyl groups is 1. The monoisotopic (exact) mass is 189 g/mol. The zero-order valence-electron chi connectivity index (χ0n) is 8.45. The van der Waals surface area contributed by atoms with Gasteiger partial charge in [-0.3, -0.25) is 4.79 Å². The van der Waals surface area contributed by atoms with Crippen LogP contribution in [0.3, 0.4) is 0 Å². The van der Waals surface area contributed by atoms with Crippen molar-refractivity contribution in [1.29, 1.82) is 0 Å². The molecule has 0 aromatic heterocycles. The molecule has 0 spiro atoms. The van der Waals surface area contributed by atoms with Gasteiger partial charge in [-0.25, -0.2) is 0 Å². The molecule has 0 aliphatic carbocycles. The van der Waals surface area contributed by atoms with Gasteiger partial charge in [-0.2, -0.15) is 0 Å². The topological polar surface area (TPSA) is 92.6 Å². The highest BCUT2D eigenvalue weighted by molar-refractivity contribution is 5.79. The van der Waals surface area contributed by atoms with E-state index in [0.29, 0.717) is 13.1 Å². The van der Waals surface area contributed by atoms with E-state index in [2.05, 4.69) is 0 Å². The van der Waals surface area contributed by atoms with Crippen LogP contribution in [0.1, 0.15) is 13.8 Å². The van der Waals surface area contributed by atoms with Crippen molar-refractivity contribution in [2.45, 2.75) is 25.5 Å². The predicted molar refractivity (Wildman–Crippen MR) is 51.0 cm³/mol. The summed E-state index contributed by atoms with van der Waals surface area (Å²) in [6.07, 6.45) is 0. The zero-order valence-corrected chi connectivity index (χ0v) is 8.45. The highest BCUT2D eigenvalue weighted by atomic mass is 16.3. The molecule has 0 aromatic carbocycles. The van der Waals surface area contributed by atoms with Crippen LogP contribution >= 0.6 is 0 Å². The fourth-order valence-corrected chi connectivity index (χ4v) is 1.15. The van der Waals surface area contributed by atoms with Crippen LogP contribution in [0.15, 0.2) is 0 Å². The van der Waals surface area contributed by atoms with E-state index >= 15 is 0 Å². The Balaban J connectivity index is 3.88. The molecule has 0 fully saturated rings. The van der Waals surface area contributed by atoms with E-state index in [0.717, 1.165) is 0 Å². The molecule has 0 aromatic rings. The lowest BCUT2D eigenvalue weighted by Crippen LogP contribution is -2.47. The number of rotatable bonds is 5. The van der Waals surface area contributed by atoms with Crippen molar-refractivity contribution in [2.24, 2.45) is 11.5 Å². The number of hydrogen-bond acceptors (Lipinski definition) is 4. The Morgan fingerprint density at radius 1 is 1.62 bits per heavy atom. The first-order chi connectivity index (χ1) is 5.72. The Labute approximate surface area is 78.7 Å². The molecule has 0 heterocycles. The van der Waals surface area contributed by atoms with Crippen LogP contribution in [0.5, 0.6) is 0 Å². The number of primary amides is 1. The highest BCUT2D eigenvalue weighted by Gasteiger charge is 2.18. The van der Waals surface area contributed by atoms with Gasteiger partial charge in [-0.05, 0) is 20.9 Å². The number of carbonyl (C=O) groups is 1. The molecule has 1 atom stereocenters. The standard InChI is InChI=1S/C8H19N3O2/c1-8(2,13)5-11(3)4-6(9)7(10)12/h6,13H,4-5,9H2,1-3H3,(H2,10,12). The Hall–Kier alpha value is -0.650. The van der Waals surface area contributed by atoms with Gasteiger partial charge in [0, 0.05) is 13.1 Å². The minimum atomic E-state index is -0.786. The summed E-state index contributed by atoms with van der Waals surface area (Å²) in [7, 11) is 1.78. The third-order valence-electron chi connectivity index (χ3n) is 1.53. The summed E-state index contributed by atoms with van der Waals surface area (Å²) in [6.45, 7) is 4.20. The van der Waals surface area contributed by atoms with E-state index in [1.165, 1.54) is 0 Å². The molecule has 0 radical (unpaired) electrons. The number of likely N-dealkylation sites (N-methyl/N-ethyl adjacent to an activating group) is 1. The lowest BCUT2D eigenvalue weighted by molar-refractivity contribution is -0.119. The summed E-state index contributed by atoms with van der Waals surface area (Å²) in [5, 5.41) is 9.44. The van der Waals surface area contributed by atoms with E-state index in [1.54, 1.807) is 25.8 Å². The molecule has 5 nitrogen and oxygen atoms in total. The molecule has 0 rings (SSSR count). The summed E-state index contributed by atoms with van der Waals surface area (Å²) < 4.78 is 0. The number of nitrogens with zero attached hydrogens (tertiary/aromatic N) is 1. The maximum Gasteiger partial charge on any atom is 0.235 e. The molecule has 0 saturated heterocycles. The maximum atomic E-state index is 10.6. The minimum Gasteiger partial charge on any atom is -0.389 e. The third kappa shape index (κ3) is 6.51. The van der Waals surface area contributed by atoms with Crippen LogP contribution in [0.2, 0.25) is 0 Å². The van der Waals surface area contributed by atoms with E-state index in [9.17, 15) is 9.90 Å². The van der Waals surface area contributed by atoms with Crippen molar-refractivity contribution in [1.82, 2.24) is 4.90 Å². The van der Waals surface area contributed by atoms with E-state index in [1.807, 2.05) is 0 Å². The van der Waals surface area contributed by atoms with Crippen LogP contribution in [0.4, 0.5) is 0 Å². The molecule has 0 saturated carbocycles. The van der Waals surface area contributed by atoms with Crippen molar-refractivity contribution in [3.63, 3.8) is 0 Å². The van der Waals surface area contributed by atoms with Crippen LogP contribution in [-0.2, 0) is 4.79 Å². The summed E-state index contributed by atoms with van der Waals surface area (Å²) in [5.74, 6) is -0.525. The molecular weight excluding hydrogens is 170 g/mol. The molecule has 0 bridgehead atoms. The number of nitrogens with two attached hydrogens (primary N) is 2. The SMILES string of the molecule is CN(CC(N)C(N)=O)CC(C)(C)O. The van der Waals surface area contributed by atoms with Crippen molar-refractivity contribution >= 4 is 5.91 Å². The average Bonchev–Trinajstić information content (AvgIpc) is 1.81. The van der Waals surface area contributed by atoms with Gasteiger partial charge in [0.15, 0.2) is 0 Å². The second-order valence-electron chi connectivity index (χ2n) is 4.02. The van der Waals surface area contributed by atoms with Gasteiger partial charge in [-0.15, -0.1) is 0 Å². The van der Waals surface area contributed by atoms with Gasteiger partial charge in [0.2, 0.25) is 5.91 Å². The van der Waals surface area contributed by atoms with E-state index < -0.39 is 17.6 Å². The first-order valence-electron chi connectivity index (χ1n) is 4.18. The molecule has 1 unspecified atom stereocenters. The normalized spacial score (nSPS) is 14.6. The Morgan fingerprint density at radius 3 is 2.38 bits per heavy atom. The lowest BCUT2D eigenvalue weighted by atomic mass is 10.1. The van der Waals surface area contributed by atoms with Crippen molar-refractivity contribution in [3.05, 3.63) is 0 Å². The maximum absolute atomic E-state index is 10.6. The zero-order chi connectivity index (χ0) is 10.6. The summed E-state index contributed by atoms with van der Waals surface area (Å²) in [6, 6.07) is -0.674. The number of carbonyl (C=O) groups excluding carboxylic acids is 1. The van der Waals surface area contributed by atoms with Crippen molar-refractivity contribution in [2.75, 3.05) is 20.1 Å². The fourth-order valence-electron chi connectivity index (χ4n) is 1.15. The fraction of sp³-hybridized carbons (Fsp3) is 0.875. The smallest absolute Gasteiger partial charge is 0.235 e. The minimum absolute atomic E-state index is 0.360. The molecule has 1 amide bonds. The van der Waals surface area contributed by atoms with Gasteiger partial charge in [0.1, 0.15) is 0 Å². The van der Waals surface area contributed by atoms with Crippen LogP contribution in [-0.4, -0.2) is 47.7 Å². The quantitative estimate of drug-likeness (QED) is 0.491. The molecule has 13 heavy (non-hydrogen) atoms. The van der Waals surface area contributed by atoms with Gasteiger partial charge >= 0.3 is 0 Å². The molecule has 0 aliphatic rings. The van der Waals surface area contributed by atoms with Gasteiger partial charge in [0.25, 0.3) is 0 Å². The largest absolute Gasteiger partial charge is 0.389 e. The van der Waals surface area contributed by atoms with Gasteiger partial charge < -0.3 is 21.5 Å². The number of hydrogen-bond donors (Lipinski definition) is 3. The predicted octanol–water partition coefficient (Wildman–Crippen LogP) is -1.50. The van der Waals surface area contributed by atoms with Crippen LogP contribution in [0.25, 0.3) is 0 Å². The Kier molecular flexibility index (Phi) is 4.32. The second-order valence-corrected chi connectivity index (χ2v) is 4.02. The second kappa shape index (κ2) is 4.55. The molecule has 0 aliphatic heterocycles. The lowest BCUT2D eigenvalue weighted by Gasteiger charge is -2.26. The Morgan fingerprint density at radius 2 is 2.08 bits per heavy atom. The molecule has 5 N–H and O–H groups in total. The molecule has 5 heteroatoms. The molecule has 78 valence electrons. The summed E-state index contributed by atoms with van der Waals surface area (Å²) in [4.78, 5) is 12.4. The van der Waals surface area contributed by atoms with E-state index in [-0.39, 0.29) is 0 Å². The number of amides is 1. The van der Waals surface area contributed by atoms with Gasteiger partial charge in [0.05, 0.1) is 11.6 Å². The third-order valence-corrected chi connectivity index (χ3v) is 1.53. The van der Waals surface area contributed by atoms with Gasteiger partial charge in [-0.1, -0.05) is 0 Å². The summed E-state index contributed by atoms with van der Waals surface area (Å²) in [5.41, 5.74) is 9.65. The van der Waals surface area contributed by atoms with Crippen LogP contribution < -0.4 is 11.5 Å². The molecular formula is C8H19N3O2. The van der Waals surface area contributed by atoms with Crippen molar-refractivity contribution < 1.29 is 9.90 Å². The summed E-state index contributed by atoms with van der Waals surface area (Å²) >= 11 is 0. The van der Waals surface area contributed by atoms with Crippen LogP contribution in [0, 0.1) is 0 Å².